The van der Waals surface area contributed by atoms with Gasteiger partial charge in [-0.15, -0.1) is 0 Å². The summed E-state index contributed by atoms with van der Waals surface area (Å²) in [6.07, 6.45) is 7.41. The molecule has 160 valence electrons. The summed E-state index contributed by atoms with van der Waals surface area (Å²) < 4.78 is 0. The highest BCUT2D eigenvalue weighted by Crippen LogP contribution is 2.26. The van der Waals surface area contributed by atoms with E-state index in [2.05, 4.69) is 16.0 Å². The zero-order chi connectivity index (χ0) is 21.2. The molecule has 0 atom stereocenters. The van der Waals surface area contributed by atoms with Crippen molar-refractivity contribution in [2.24, 2.45) is 0 Å². The molecule has 1 aromatic carbocycles. The van der Waals surface area contributed by atoms with E-state index in [-0.39, 0.29) is 18.5 Å². The topological polar surface area (TPSA) is 90.5 Å². The normalized spacial score (nSPS) is 14.2. The Morgan fingerprint density at radius 1 is 1.17 bits per heavy atom. The third-order valence-electron chi connectivity index (χ3n) is 5.16. The zero-order valence-corrected chi connectivity index (χ0v) is 18.0. The second-order valence-electron chi connectivity index (χ2n) is 7.41. The quantitative estimate of drug-likeness (QED) is 0.556. The van der Waals surface area contributed by atoms with Crippen molar-refractivity contribution >= 4 is 35.1 Å². The molecule has 1 fully saturated rings. The van der Waals surface area contributed by atoms with Crippen LogP contribution < -0.4 is 16.0 Å². The first-order chi connectivity index (χ1) is 13.9. The molecule has 1 aliphatic rings. The first kappa shape index (κ1) is 23.0. The van der Waals surface area contributed by atoms with Crippen LogP contribution >= 0.6 is 11.6 Å². The Hall–Kier alpha value is -2.28. The van der Waals surface area contributed by atoms with E-state index in [1.165, 1.54) is 6.42 Å². The van der Waals surface area contributed by atoms with Gasteiger partial charge >= 0.3 is 6.03 Å². The summed E-state index contributed by atoms with van der Waals surface area (Å²) in [6.45, 7) is 2.48. The molecule has 0 bridgehead atoms. The molecule has 1 aromatic rings. The lowest BCUT2D eigenvalue weighted by Crippen LogP contribution is -2.42. The van der Waals surface area contributed by atoms with E-state index in [0.29, 0.717) is 22.8 Å². The molecule has 1 aliphatic carbocycles. The number of rotatable bonds is 8. The van der Waals surface area contributed by atoms with Crippen molar-refractivity contribution < 1.29 is 14.4 Å². The first-order valence-electron chi connectivity index (χ1n) is 10.3. The Morgan fingerprint density at radius 3 is 2.55 bits per heavy atom. The van der Waals surface area contributed by atoms with Crippen molar-refractivity contribution in [1.29, 1.82) is 0 Å². The van der Waals surface area contributed by atoms with E-state index in [0.717, 1.165) is 38.5 Å². The maximum Gasteiger partial charge on any atom is 0.321 e. The lowest BCUT2D eigenvalue weighted by molar-refractivity contribution is -0.118. The van der Waals surface area contributed by atoms with Crippen LogP contribution in [0.2, 0.25) is 5.02 Å². The Labute approximate surface area is 177 Å². The van der Waals surface area contributed by atoms with Crippen LogP contribution in [0.1, 0.15) is 62.2 Å². The Morgan fingerprint density at radius 2 is 1.90 bits per heavy atom. The minimum Gasteiger partial charge on any atom is -0.376 e. The molecule has 0 aromatic heterocycles. The molecule has 0 heterocycles. The van der Waals surface area contributed by atoms with Gasteiger partial charge in [0.25, 0.3) is 5.91 Å². The lowest BCUT2D eigenvalue weighted by Gasteiger charge is -2.31. The number of anilines is 1. The molecule has 0 aliphatic heterocycles. The lowest BCUT2D eigenvalue weighted by atomic mass is 9.94. The van der Waals surface area contributed by atoms with Crippen LogP contribution in [0.4, 0.5) is 10.5 Å². The van der Waals surface area contributed by atoms with Gasteiger partial charge in [0.2, 0.25) is 5.91 Å². The molecule has 1 saturated carbocycles. The van der Waals surface area contributed by atoms with Crippen LogP contribution in [0.5, 0.6) is 0 Å². The minimum absolute atomic E-state index is 0.0766. The van der Waals surface area contributed by atoms with Crippen molar-refractivity contribution in [2.45, 2.75) is 57.9 Å². The number of amides is 4. The first-order valence-corrected chi connectivity index (χ1v) is 10.7. The van der Waals surface area contributed by atoms with Gasteiger partial charge in [-0.25, -0.2) is 4.79 Å². The SMILES string of the molecule is CCCCNC(=O)NC(=O)CNc1ccc(C(=O)N(C)C2CCCCC2)c(Cl)c1. The summed E-state index contributed by atoms with van der Waals surface area (Å²) in [7, 11) is 1.83. The highest BCUT2D eigenvalue weighted by atomic mass is 35.5. The molecule has 8 heteroatoms. The molecule has 0 radical (unpaired) electrons. The summed E-state index contributed by atoms with van der Waals surface area (Å²) >= 11 is 6.33. The number of benzene rings is 1. The van der Waals surface area contributed by atoms with Crippen molar-refractivity contribution in [2.75, 3.05) is 25.5 Å². The largest absolute Gasteiger partial charge is 0.376 e. The fourth-order valence-electron chi connectivity index (χ4n) is 3.40. The van der Waals surface area contributed by atoms with Gasteiger partial charge in [-0.2, -0.15) is 0 Å². The molecular formula is C21H31ClN4O3. The predicted molar refractivity (Wildman–Crippen MR) is 115 cm³/mol. The monoisotopic (exact) mass is 422 g/mol. The fraction of sp³-hybridized carbons (Fsp3) is 0.571. The summed E-state index contributed by atoms with van der Waals surface area (Å²) in [5.74, 6) is -0.540. The summed E-state index contributed by atoms with van der Waals surface area (Å²) in [6, 6.07) is 4.76. The smallest absolute Gasteiger partial charge is 0.321 e. The van der Waals surface area contributed by atoms with E-state index in [9.17, 15) is 14.4 Å². The van der Waals surface area contributed by atoms with Gasteiger partial charge < -0.3 is 15.5 Å². The molecular weight excluding hydrogens is 392 g/mol. The van der Waals surface area contributed by atoms with Crippen LogP contribution in [-0.4, -0.2) is 48.9 Å². The maximum atomic E-state index is 12.8. The number of nitrogens with one attached hydrogen (secondary N) is 3. The van der Waals surface area contributed by atoms with Crippen molar-refractivity contribution in [3.8, 4) is 0 Å². The maximum absolute atomic E-state index is 12.8. The highest BCUT2D eigenvalue weighted by molar-refractivity contribution is 6.34. The molecule has 2 rings (SSSR count). The third kappa shape index (κ3) is 7.24. The van der Waals surface area contributed by atoms with Gasteiger partial charge in [0.1, 0.15) is 0 Å². The van der Waals surface area contributed by atoms with Gasteiger partial charge in [0, 0.05) is 25.3 Å². The number of halogens is 1. The molecule has 0 saturated heterocycles. The van der Waals surface area contributed by atoms with Crippen LogP contribution in [0.15, 0.2) is 18.2 Å². The number of hydrogen-bond acceptors (Lipinski definition) is 4. The highest BCUT2D eigenvalue weighted by Gasteiger charge is 2.24. The van der Waals surface area contributed by atoms with E-state index >= 15 is 0 Å². The van der Waals surface area contributed by atoms with Crippen molar-refractivity contribution in [3.63, 3.8) is 0 Å². The van der Waals surface area contributed by atoms with Gasteiger partial charge in [-0.05, 0) is 37.5 Å². The minimum atomic E-state index is -0.505. The number of hydrogen-bond donors (Lipinski definition) is 3. The van der Waals surface area contributed by atoms with E-state index in [1.807, 2.05) is 14.0 Å². The Balaban J connectivity index is 1.86. The van der Waals surface area contributed by atoms with E-state index < -0.39 is 11.9 Å². The number of nitrogens with zero attached hydrogens (tertiary/aromatic N) is 1. The average Bonchev–Trinajstić information content (AvgIpc) is 2.72. The van der Waals surface area contributed by atoms with E-state index in [4.69, 9.17) is 11.6 Å². The second kappa shape index (κ2) is 11.7. The van der Waals surface area contributed by atoms with Gasteiger partial charge in [0.15, 0.2) is 0 Å². The molecule has 7 nitrogen and oxygen atoms in total. The van der Waals surface area contributed by atoms with Crippen molar-refractivity contribution in [1.82, 2.24) is 15.5 Å². The number of carbonyl (C=O) groups is 3. The van der Waals surface area contributed by atoms with Crippen LogP contribution in [-0.2, 0) is 4.79 Å². The van der Waals surface area contributed by atoms with Crippen LogP contribution in [0, 0.1) is 0 Å². The molecule has 0 unspecified atom stereocenters. The van der Waals surface area contributed by atoms with Gasteiger partial charge in [-0.1, -0.05) is 44.2 Å². The molecule has 3 N–H and O–H groups in total. The number of imide groups is 1. The molecule has 0 spiro atoms. The molecule has 29 heavy (non-hydrogen) atoms. The van der Waals surface area contributed by atoms with Crippen LogP contribution in [0.25, 0.3) is 0 Å². The van der Waals surface area contributed by atoms with Gasteiger partial charge in [0.05, 0.1) is 17.1 Å². The average molecular weight is 423 g/mol. The number of urea groups is 1. The number of carbonyl (C=O) groups excluding carboxylic acids is 3. The summed E-state index contributed by atoms with van der Waals surface area (Å²) in [5, 5.41) is 8.13. The predicted octanol–water partition coefficient (Wildman–Crippen LogP) is 3.78. The summed E-state index contributed by atoms with van der Waals surface area (Å²) in [4.78, 5) is 38.0. The summed E-state index contributed by atoms with van der Waals surface area (Å²) in [5.41, 5.74) is 1.05. The standard InChI is InChI=1S/C21H31ClN4O3/c1-3-4-12-23-21(29)25-19(27)14-24-15-10-11-17(18(22)13-15)20(28)26(2)16-8-6-5-7-9-16/h10-11,13,16,24H,3-9,12,14H2,1-2H3,(H2,23,25,27,29). The second-order valence-corrected chi connectivity index (χ2v) is 7.82. The van der Waals surface area contributed by atoms with Gasteiger partial charge in [-0.3, -0.25) is 14.9 Å². The third-order valence-corrected chi connectivity index (χ3v) is 5.48. The number of unbranched alkanes of at least 4 members (excludes halogenated alkanes) is 1. The fourth-order valence-corrected chi connectivity index (χ4v) is 3.66. The van der Waals surface area contributed by atoms with Crippen LogP contribution in [0.3, 0.4) is 0 Å². The Kier molecular flexibility index (Phi) is 9.25. The van der Waals surface area contributed by atoms with Crippen molar-refractivity contribution in [3.05, 3.63) is 28.8 Å². The Bertz CT molecular complexity index is 720. The van der Waals surface area contributed by atoms with E-state index in [1.54, 1.807) is 23.1 Å². The molecule has 4 amide bonds. The zero-order valence-electron chi connectivity index (χ0n) is 17.2.